The molecule has 1 saturated carbocycles. The first-order valence-electron chi connectivity index (χ1n) is 6.20. The summed E-state index contributed by atoms with van der Waals surface area (Å²) in [5.41, 5.74) is 7.20. The van der Waals surface area contributed by atoms with E-state index in [1.165, 1.54) is 31.2 Å². The van der Waals surface area contributed by atoms with Crippen molar-refractivity contribution in [3.05, 3.63) is 30.1 Å². The highest BCUT2D eigenvalue weighted by molar-refractivity contribution is 5.08. The van der Waals surface area contributed by atoms with E-state index in [2.05, 4.69) is 22.4 Å². The van der Waals surface area contributed by atoms with Gasteiger partial charge in [-0.15, -0.1) is 0 Å². The molecule has 3 N–H and O–H groups in total. The van der Waals surface area contributed by atoms with Gasteiger partial charge in [-0.3, -0.25) is 4.98 Å². The molecule has 1 heterocycles. The van der Waals surface area contributed by atoms with Gasteiger partial charge in [0.2, 0.25) is 0 Å². The molecule has 0 spiro atoms. The maximum Gasteiger partial charge on any atom is 0.0271 e. The number of aromatic nitrogens is 1. The summed E-state index contributed by atoms with van der Waals surface area (Å²) in [7, 11) is 0. The molecule has 0 aromatic carbocycles. The summed E-state index contributed by atoms with van der Waals surface area (Å²) in [5, 5.41) is 3.52. The summed E-state index contributed by atoms with van der Waals surface area (Å²) < 4.78 is 0. The summed E-state index contributed by atoms with van der Waals surface area (Å²) in [5.74, 6) is 0.821. The molecule has 3 nitrogen and oxygen atoms in total. The van der Waals surface area contributed by atoms with Gasteiger partial charge in [0.1, 0.15) is 0 Å². The van der Waals surface area contributed by atoms with Crippen LogP contribution in [0.2, 0.25) is 0 Å². The Morgan fingerprint density at radius 1 is 1.19 bits per heavy atom. The van der Waals surface area contributed by atoms with Crippen LogP contribution in [0.4, 0.5) is 0 Å². The molecule has 88 valence electrons. The van der Waals surface area contributed by atoms with Gasteiger partial charge < -0.3 is 11.1 Å². The minimum Gasteiger partial charge on any atom is -0.328 e. The lowest BCUT2D eigenvalue weighted by Crippen LogP contribution is -2.31. The van der Waals surface area contributed by atoms with Crippen molar-refractivity contribution in [2.75, 3.05) is 6.54 Å². The van der Waals surface area contributed by atoms with Crippen LogP contribution >= 0.6 is 0 Å². The van der Waals surface area contributed by atoms with Gasteiger partial charge in [0.05, 0.1) is 0 Å². The third kappa shape index (κ3) is 3.58. The maximum absolute atomic E-state index is 5.89. The smallest absolute Gasteiger partial charge is 0.0271 e. The van der Waals surface area contributed by atoms with Gasteiger partial charge >= 0.3 is 0 Å². The first-order valence-corrected chi connectivity index (χ1v) is 6.20. The maximum atomic E-state index is 5.89. The molecule has 1 fully saturated rings. The predicted molar refractivity (Wildman–Crippen MR) is 65.9 cm³/mol. The second-order valence-electron chi connectivity index (χ2n) is 4.77. The number of hydrogen-bond acceptors (Lipinski definition) is 3. The molecule has 1 aliphatic carbocycles. The average molecular weight is 219 g/mol. The molecule has 1 aromatic rings. The fourth-order valence-corrected chi connectivity index (χ4v) is 2.31. The average Bonchev–Trinajstić information content (AvgIpc) is 2.33. The van der Waals surface area contributed by atoms with Gasteiger partial charge in [-0.1, -0.05) is 0 Å². The van der Waals surface area contributed by atoms with Crippen LogP contribution in [-0.4, -0.2) is 17.6 Å². The van der Waals surface area contributed by atoms with Gasteiger partial charge in [0.15, 0.2) is 0 Å². The van der Waals surface area contributed by atoms with Crippen molar-refractivity contribution in [2.45, 2.75) is 38.3 Å². The van der Waals surface area contributed by atoms with Crippen molar-refractivity contribution in [2.24, 2.45) is 11.7 Å². The van der Waals surface area contributed by atoms with Crippen LogP contribution < -0.4 is 11.1 Å². The lowest BCUT2D eigenvalue weighted by atomic mass is 9.86. The Bertz CT molecular complexity index is 291. The van der Waals surface area contributed by atoms with E-state index in [1.807, 2.05) is 12.4 Å². The van der Waals surface area contributed by atoms with E-state index in [4.69, 9.17) is 5.73 Å². The van der Waals surface area contributed by atoms with Crippen molar-refractivity contribution in [1.82, 2.24) is 10.3 Å². The first-order chi connectivity index (χ1) is 7.84. The molecule has 0 bridgehead atoms. The van der Waals surface area contributed by atoms with Crippen molar-refractivity contribution in [3.8, 4) is 0 Å². The zero-order valence-corrected chi connectivity index (χ0v) is 9.73. The van der Waals surface area contributed by atoms with E-state index >= 15 is 0 Å². The molecule has 0 aliphatic heterocycles. The zero-order valence-electron chi connectivity index (χ0n) is 9.73. The number of pyridine rings is 1. The molecule has 0 atom stereocenters. The molecular formula is C13H21N3. The second kappa shape index (κ2) is 5.97. The Balaban J connectivity index is 1.65. The molecule has 0 radical (unpaired) electrons. The van der Waals surface area contributed by atoms with Crippen molar-refractivity contribution < 1.29 is 0 Å². The molecule has 1 aliphatic rings. The SMILES string of the molecule is NC1CCC(CNCc2ccncc2)CC1. The van der Waals surface area contributed by atoms with Crippen LogP contribution in [0.25, 0.3) is 0 Å². The van der Waals surface area contributed by atoms with Crippen molar-refractivity contribution in [1.29, 1.82) is 0 Å². The Morgan fingerprint density at radius 2 is 1.88 bits per heavy atom. The number of nitrogens with zero attached hydrogens (tertiary/aromatic N) is 1. The standard InChI is InChI=1S/C13H21N3/c14-13-3-1-11(2-4-13)9-16-10-12-5-7-15-8-6-12/h5-8,11,13,16H,1-4,9-10,14H2. The van der Waals surface area contributed by atoms with Crippen LogP contribution in [0.1, 0.15) is 31.2 Å². The van der Waals surface area contributed by atoms with E-state index in [0.29, 0.717) is 6.04 Å². The van der Waals surface area contributed by atoms with E-state index < -0.39 is 0 Å². The predicted octanol–water partition coefficient (Wildman–Crippen LogP) is 1.69. The number of rotatable bonds is 4. The van der Waals surface area contributed by atoms with Crippen LogP contribution in [0.15, 0.2) is 24.5 Å². The largest absolute Gasteiger partial charge is 0.328 e. The Labute approximate surface area is 97.5 Å². The molecular weight excluding hydrogens is 198 g/mol. The normalized spacial score (nSPS) is 25.6. The summed E-state index contributed by atoms with van der Waals surface area (Å²) in [4.78, 5) is 4.01. The van der Waals surface area contributed by atoms with E-state index in [-0.39, 0.29) is 0 Å². The minimum absolute atomic E-state index is 0.455. The quantitative estimate of drug-likeness (QED) is 0.810. The van der Waals surface area contributed by atoms with Crippen LogP contribution in [0, 0.1) is 5.92 Å². The lowest BCUT2D eigenvalue weighted by Gasteiger charge is -2.26. The highest BCUT2D eigenvalue weighted by atomic mass is 14.9. The Morgan fingerprint density at radius 3 is 2.56 bits per heavy atom. The first kappa shape index (κ1) is 11.6. The van der Waals surface area contributed by atoms with Gasteiger partial charge in [0.25, 0.3) is 0 Å². The molecule has 0 unspecified atom stereocenters. The Kier molecular flexibility index (Phi) is 4.31. The monoisotopic (exact) mass is 219 g/mol. The summed E-state index contributed by atoms with van der Waals surface area (Å²) in [6.07, 6.45) is 8.64. The summed E-state index contributed by atoms with van der Waals surface area (Å²) >= 11 is 0. The van der Waals surface area contributed by atoms with Crippen LogP contribution in [-0.2, 0) is 6.54 Å². The second-order valence-corrected chi connectivity index (χ2v) is 4.77. The molecule has 0 saturated heterocycles. The number of nitrogens with two attached hydrogens (primary N) is 1. The number of hydrogen-bond donors (Lipinski definition) is 2. The third-order valence-corrected chi connectivity index (χ3v) is 3.40. The fraction of sp³-hybridized carbons (Fsp3) is 0.615. The molecule has 3 heteroatoms. The van der Waals surface area contributed by atoms with Gasteiger partial charge in [0, 0.05) is 25.0 Å². The molecule has 16 heavy (non-hydrogen) atoms. The van der Waals surface area contributed by atoms with Crippen LogP contribution in [0.5, 0.6) is 0 Å². The molecule has 2 rings (SSSR count). The van der Waals surface area contributed by atoms with Gasteiger partial charge in [-0.2, -0.15) is 0 Å². The highest BCUT2D eigenvalue weighted by Gasteiger charge is 2.17. The van der Waals surface area contributed by atoms with Crippen molar-refractivity contribution in [3.63, 3.8) is 0 Å². The summed E-state index contributed by atoms with van der Waals surface area (Å²) in [6, 6.07) is 4.57. The van der Waals surface area contributed by atoms with Crippen LogP contribution in [0.3, 0.4) is 0 Å². The van der Waals surface area contributed by atoms with E-state index in [1.54, 1.807) is 0 Å². The van der Waals surface area contributed by atoms with E-state index in [9.17, 15) is 0 Å². The molecule has 0 amide bonds. The summed E-state index contributed by atoms with van der Waals surface area (Å²) in [6.45, 7) is 2.07. The lowest BCUT2D eigenvalue weighted by molar-refractivity contribution is 0.314. The minimum atomic E-state index is 0.455. The van der Waals surface area contributed by atoms with Gasteiger partial charge in [-0.05, 0) is 55.8 Å². The number of nitrogens with one attached hydrogen (secondary N) is 1. The third-order valence-electron chi connectivity index (χ3n) is 3.40. The fourth-order valence-electron chi connectivity index (χ4n) is 2.31. The van der Waals surface area contributed by atoms with Gasteiger partial charge in [-0.25, -0.2) is 0 Å². The molecule has 1 aromatic heterocycles. The Hall–Kier alpha value is -0.930. The van der Waals surface area contributed by atoms with E-state index in [0.717, 1.165) is 19.0 Å². The highest BCUT2D eigenvalue weighted by Crippen LogP contribution is 2.22. The van der Waals surface area contributed by atoms with Crippen molar-refractivity contribution >= 4 is 0 Å². The zero-order chi connectivity index (χ0) is 11.2. The topological polar surface area (TPSA) is 50.9 Å².